The smallest absolute Gasteiger partial charge is 0.298 e. The summed E-state index contributed by atoms with van der Waals surface area (Å²) in [5, 5.41) is -0.812. The van der Waals surface area contributed by atoms with E-state index in [2.05, 4.69) is 9.97 Å². The molecule has 8 heteroatoms. The molecule has 3 rings (SSSR count). The van der Waals surface area contributed by atoms with Crippen LogP contribution in [0.5, 0.6) is 0 Å². The Hall–Kier alpha value is -2.05. The summed E-state index contributed by atoms with van der Waals surface area (Å²) < 4.78 is 40.7. The number of aromatic nitrogens is 3. The third-order valence-electron chi connectivity index (χ3n) is 3.12. The second kappa shape index (κ2) is 5.86. The van der Waals surface area contributed by atoms with Crippen molar-refractivity contribution in [1.29, 1.82) is 0 Å². The third-order valence-corrected chi connectivity index (χ3v) is 3.68. The largest absolute Gasteiger partial charge is 0.418 e. The van der Waals surface area contributed by atoms with Crippen molar-refractivity contribution in [2.45, 2.75) is 6.18 Å². The van der Waals surface area contributed by atoms with Gasteiger partial charge in [-0.05, 0) is 30.3 Å². The van der Waals surface area contributed by atoms with Crippen molar-refractivity contribution in [3.05, 3.63) is 64.5 Å². The number of alkyl halides is 3. The second-order valence-corrected chi connectivity index (χ2v) is 5.37. The van der Waals surface area contributed by atoms with Gasteiger partial charge in [0.1, 0.15) is 5.15 Å². The molecule has 0 saturated carbocycles. The van der Waals surface area contributed by atoms with Crippen LogP contribution >= 0.6 is 23.2 Å². The lowest BCUT2D eigenvalue weighted by Crippen LogP contribution is -2.10. The van der Waals surface area contributed by atoms with E-state index < -0.39 is 16.8 Å². The lowest BCUT2D eigenvalue weighted by atomic mass is 10.2. The SMILES string of the molecule is FC(F)(F)c1cc(Cl)nc(-n2cccc2-c2ccccn2)c1Cl. The zero-order valence-electron chi connectivity index (χ0n) is 11.4. The Bertz CT molecular complexity index is 845. The number of rotatable bonds is 2. The highest BCUT2D eigenvalue weighted by molar-refractivity contribution is 6.34. The molecule has 0 aliphatic rings. The number of nitrogens with zero attached hydrogens (tertiary/aromatic N) is 3. The highest BCUT2D eigenvalue weighted by atomic mass is 35.5. The summed E-state index contributed by atoms with van der Waals surface area (Å²) in [4.78, 5) is 8.13. The molecule has 0 atom stereocenters. The molecule has 0 spiro atoms. The normalized spacial score (nSPS) is 11.7. The Labute approximate surface area is 139 Å². The number of hydrogen-bond acceptors (Lipinski definition) is 2. The standard InChI is InChI=1S/C15H8Cl2F3N3/c16-12-8-9(15(18,19)20)13(17)14(22-12)23-7-3-5-11(23)10-4-1-2-6-21-10/h1-8H. The molecule has 0 aliphatic carbocycles. The highest BCUT2D eigenvalue weighted by Crippen LogP contribution is 2.39. The lowest BCUT2D eigenvalue weighted by molar-refractivity contribution is -0.137. The van der Waals surface area contributed by atoms with E-state index in [1.165, 1.54) is 4.57 Å². The highest BCUT2D eigenvalue weighted by Gasteiger charge is 2.35. The minimum atomic E-state index is -4.63. The quantitative estimate of drug-likeness (QED) is 0.585. The van der Waals surface area contributed by atoms with Crippen molar-refractivity contribution in [3.8, 4) is 17.2 Å². The van der Waals surface area contributed by atoms with E-state index >= 15 is 0 Å². The van der Waals surface area contributed by atoms with Gasteiger partial charge in [-0.15, -0.1) is 0 Å². The van der Waals surface area contributed by atoms with Gasteiger partial charge in [-0.3, -0.25) is 9.55 Å². The van der Waals surface area contributed by atoms with Gasteiger partial charge in [-0.25, -0.2) is 4.98 Å². The van der Waals surface area contributed by atoms with E-state index in [1.807, 2.05) is 0 Å². The van der Waals surface area contributed by atoms with Crippen LogP contribution in [-0.4, -0.2) is 14.5 Å². The van der Waals surface area contributed by atoms with Crippen molar-refractivity contribution in [3.63, 3.8) is 0 Å². The molecule has 0 radical (unpaired) electrons. The molecular weight excluding hydrogens is 350 g/mol. The number of pyridine rings is 2. The van der Waals surface area contributed by atoms with Gasteiger partial charge < -0.3 is 0 Å². The maximum Gasteiger partial charge on any atom is 0.418 e. The summed E-state index contributed by atoms with van der Waals surface area (Å²) in [6.45, 7) is 0. The molecule has 0 saturated heterocycles. The van der Waals surface area contributed by atoms with Crippen LogP contribution in [0.3, 0.4) is 0 Å². The maximum atomic E-state index is 13.1. The van der Waals surface area contributed by atoms with Crippen molar-refractivity contribution in [1.82, 2.24) is 14.5 Å². The van der Waals surface area contributed by atoms with Crippen molar-refractivity contribution < 1.29 is 13.2 Å². The Morgan fingerprint density at radius 3 is 2.48 bits per heavy atom. The fourth-order valence-corrected chi connectivity index (χ4v) is 2.62. The maximum absolute atomic E-state index is 13.1. The van der Waals surface area contributed by atoms with Gasteiger partial charge in [0.25, 0.3) is 0 Å². The van der Waals surface area contributed by atoms with E-state index in [1.54, 1.807) is 42.7 Å². The van der Waals surface area contributed by atoms with Gasteiger partial charge in [0.2, 0.25) is 0 Å². The fraction of sp³-hybridized carbons (Fsp3) is 0.0667. The first kappa shape index (κ1) is 15.8. The molecule has 0 unspecified atom stereocenters. The Kier molecular flexibility index (Phi) is 4.04. The van der Waals surface area contributed by atoms with Gasteiger partial charge in [0.15, 0.2) is 5.82 Å². The molecule has 0 fully saturated rings. The minimum absolute atomic E-state index is 0.0999. The van der Waals surface area contributed by atoms with Gasteiger partial charge in [-0.2, -0.15) is 13.2 Å². The topological polar surface area (TPSA) is 30.7 Å². The zero-order valence-corrected chi connectivity index (χ0v) is 12.9. The number of hydrogen-bond donors (Lipinski definition) is 0. The number of halogens is 5. The Morgan fingerprint density at radius 2 is 1.83 bits per heavy atom. The molecule has 23 heavy (non-hydrogen) atoms. The minimum Gasteiger partial charge on any atom is -0.298 e. The van der Waals surface area contributed by atoms with Crippen LogP contribution in [-0.2, 0) is 6.18 Å². The first-order valence-electron chi connectivity index (χ1n) is 6.40. The second-order valence-electron chi connectivity index (χ2n) is 4.61. The van der Waals surface area contributed by atoms with E-state index in [9.17, 15) is 13.2 Å². The molecule has 3 heterocycles. The summed E-state index contributed by atoms with van der Waals surface area (Å²) in [7, 11) is 0. The van der Waals surface area contributed by atoms with Crippen molar-refractivity contribution in [2.75, 3.05) is 0 Å². The first-order chi connectivity index (χ1) is 10.9. The Morgan fingerprint density at radius 1 is 1.04 bits per heavy atom. The first-order valence-corrected chi connectivity index (χ1v) is 7.16. The van der Waals surface area contributed by atoms with E-state index in [4.69, 9.17) is 23.2 Å². The average molecular weight is 358 g/mol. The van der Waals surface area contributed by atoms with Gasteiger partial charge in [-0.1, -0.05) is 29.3 Å². The molecule has 0 N–H and O–H groups in total. The Balaban J connectivity index is 2.22. The lowest BCUT2D eigenvalue weighted by Gasteiger charge is -2.15. The van der Waals surface area contributed by atoms with E-state index in [-0.39, 0.29) is 11.0 Å². The predicted molar refractivity (Wildman–Crippen MR) is 81.8 cm³/mol. The fourth-order valence-electron chi connectivity index (χ4n) is 2.14. The van der Waals surface area contributed by atoms with Crippen LogP contribution in [0.4, 0.5) is 13.2 Å². The van der Waals surface area contributed by atoms with Gasteiger partial charge in [0.05, 0.1) is 22.0 Å². The molecule has 3 aromatic rings. The molecule has 0 bridgehead atoms. The summed E-state index contributed by atoms with van der Waals surface area (Å²) in [5.41, 5.74) is 0.0918. The van der Waals surface area contributed by atoms with Crippen LogP contribution in [0.1, 0.15) is 5.56 Å². The summed E-state index contributed by atoms with van der Waals surface area (Å²) in [6, 6.07) is 9.31. The summed E-state index contributed by atoms with van der Waals surface area (Å²) >= 11 is 11.7. The molecule has 0 aromatic carbocycles. The van der Waals surface area contributed by atoms with Crippen molar-refractivity contribution >= 4 is 23.2 Å². The average Bonchev–Trinajstić information content (AvgIpc) is 2.98. The zero-order chi connectivity index (χ0) is 16.6. The van der Waals surface area contributed by atoms with Gasteiger partial charge in [0, 0.05) is 12.4 Å². The predicted octanol–water partition coefficient (Wildman–Crippen LogP) is 5.26. The van der Waals surface area contributed by atoms with E-state index in [0.717, 1.165) is 0 Å². The molecular formula is C15H8Cl2F3N3. The third kappa shape index (κ3) is 3.04. The molecule has 3 nitrogen and oxygen atoms in total. The van der Waals surface area contributed by atoms with Crippen molar-refractivity contribution in [2.24, 2.45) is 0 Å². The summed E-state index contributed by atoms with van der Waals surface area (Å²) in [5.74, 6) is -0.0999. The monoisotopic (exact) mass is 357 g/mol. The van der Waals surface area contributed by atoms with E-state index in [0.29, 0.717) is 17.5 Å². The van der Waals surface area contributed by atoms with Gasteiger partial charge >= 0.3 is 6.18 Å². The van der Waals surface area contributed by atoms with Crippen LogP contribution in [0.2, 0.25) is 10.2 Å². The van der Waals surface area contributed by atoms with Crippen LogP contribution in [0.15, 0.2) is 48.8 Å². The molecule has 3 aromatic heterocycles. The van der Waals surface area contributed by atoms with Crippen LogP contribution < -0.4 is 0 Å². The van der Waals surface area contributed by atoms with Crippen LogP contribution in [0.25, 0.3) is 17.2 Å². The molecule has 0 amide bonds. The molecule has 118 valence electrons. The summed E-state index contributed by atoms with van der Waals surface area (Å²) in [6.07, 6.45) is -1.49. The van der Waals surface area contributed by atoms with Crippen LogP contribution in [0, 0.1) is 0 Å². The molecule has 0 aliphatic heterocycles.